The van der Waals surface area contributed by atoms with Gasteiger partial charge < -0.3 is 9.47 Å². The topological polar surface area (TPSA) is 67.9 Å². The summed E-state index contributed by atoms with van der Waals surface area (Å²) in [7, 11) is -3.50. The Labute approximate surface area is 157 Å². The quantitative estimate of drug-likeness (QED) is 0.816. The SMILES string of the molecule is Cc1ccc(S(=O)(=O)NCC(c2ccc3c(c2)OCO3)N2CCCC2)s1. The number of rotatable bonds is 6. The third-order valence-corrected chi connectivity index (χ3v) is 7.73. The average Bonchev–Trinajstić information content (AvgIpc) is 3.36. The van der Waals surface area contributed by atoms with Crippen LogP contribution in [0.25, 0.3) is 0 Å². The summed E-state index contributed by atoms with van der Waals surface area (Å²) < 4.78 is 39.3. The van der Waals surface area contributed by atoms with Crippen molar-refractivity contribution in [2.24, 2.45) is 0 Å². The number of hydrogen-bond donors (Lipinski definition) is 1. The lowest BCUT2D eigenvalue weighted by Gasteiger charge is -2.28. The van der Waals surface area contributed by atoms with E-state index >= 15 is 0 Å². The number of fused-ring (bicyclic) bond motifs is 1. The fourth-order valence-electron chi connectivity index (χ4n) is 3.45. The maximum absolute atomic E-state index is 12.6. The summed E-state index contributed by atoms with van der Waals surface area (Å²) in [5.74, 6) is 1.46. The van der Waals surface area contributed by atoms with E-state index in [1.54, 1.807) is 6.07 Å². The van der Waals surface area contributed by atoms with Gasteiger partial charge in [-0.25, -0.2) is 13.1 Å². The van der Waals surface area contributed by atoms with Crippen LogP contribution < -0.4 is 14.2 Å². The summed E-state index contributed by atoms with van der Waals surface area (Å²) in [6.45, 7) is 4.41. The Kier molecular flexibility index (Phi) is 4.92. The number of hydrogen-bond acceptors (Lipinski definition) is 6. The summed E-state index contributed by atoms with van der Waals surface area (Å²) in [6, 6.07) is 9.33. The van der Waals surface area contributed by atoms with E-state index in [0.29, 0.717) is 10.8 Å². The van der Waals surface area contributed by atoms with Crippen molar-refractivity contribution in [3.8, 4) is 11.5 Å². The van der Waals surface area contributed by atoms with Crippen molar-refractivity contribution in [2.75, 3.05) is 26.4 Å². The average molecular weight is 395 g/mol. The molecular weight excluding hydrogens is 372 g/mol. The van der Waals surface area contributed by atoms with Crippen LogP contribution in [-0.4, -0.2) is 39.7 Å². The highest BCUT2D eigenvalue weighted by atomic mass is 32.2. The molecule has 0 spiro atoms. The van der Waals surface area contributed by atoms with E-state index in [2.05, 4.69) is 9.62 Å². The highest BCUT2D eigenvalue weighted by molar-refractivity contribution is 7.91. The summed E-state index contributed by atoms with van der Waals surface area (Å²) in [6.07, 6.45) is 2.27. The second-order valence-corrected chi connectivity index (χ2v) is 9.87. The van der Waals surface area contributed by atoms with Crippen molar-refractivity contribution in [2.45, 2.75) is 30.0 Å². The molecule has 0 saturated carbocycles. The molecule has 1 saturated heterocycles. The van der Waals surface area contributed by atoms with Crippen LogP contribution in [0, 0.1) is 6.92 Å². The number of likely N-dealkylation sites (tertiary alicyclic amines) is 1. The van der Waals surface area contributed by atoms with Crippen LogP contribution in [0.3, 0.4) is 0 Å². The maximum Gasteiger partial charge on any atom is 0.250 e. The van der Waals surface area contributed by atoms with E-state index in [1.807, 2.05) is 31.2 Å². The minimum Gasteiger partial charge on any atom is -0.454 e. The number of nitrogens with one attached hydrogen (secondary N) is 1. The molecule has 1 unspecified atom stereocenters. The predicted octanol–water partition coefficient (Wildman–Crippen LogP) is 2.90. The molecule has 1 atom stereocenters. The number of ether oxygens (including phenoxy) is 2. The van der Waals surface area contributed by atoms with E-state index in [9.17, 15) is 8.42 Å². The Morgan fingerprint density at radius 3 is 2.65 bits per heavy atom. The molecule has 2 aromatic rings. The molecule has 2 aliphatic rings. The van der Waals surface area contributed by atoms with E-state index in [1.165, 1.54) is 11.3 Å². The van der Waals surface area contributed by atoms with E-state index in [-0.39, 0.29) is 12.8 Å². The normalized spacial score (nSPS) is 18.3. The highest BCUT2D eigenvalue weighted by Crippen LogP contribution is 2.36. The Bertz CT molecular complexity index is 888. The molecule has 4 rings (SSSR count). The Morgan fingerprint density at radius 1 is 1.15 bits per heavy atom. The van der Waals surface area contributed by atoms with Gasteiger partial charge in [-0.2, -0.15) is 0 Å². The van der Waals surface area contributed by atoms with Crippen molar-refractivity contribution >= 4 is 21.4 Å². The van der Waals surface area contributed by atoms with Crippen LogP contribution in [-0.2, 0) is 10.0 Å². The first kappa shape index (κ1) is 17.8. The predicted molar refractivity (Wildman–Crippen MR) is 100 cm³/mol. The summed E-state index contributed by atoms with van der Waals surface area (Å²) in [5, 5.41) is 0. The van der Waals surface area contributed by atoms with Crippen LogP contribution >= 0.6 is 11.3 Å². The van der Waals surface area contributed by atoms with Gasteiger partial charge >= 0.3 is 0 Å². The highest BCUT2D eigenvalue weighted by Gasteiger charge is 2.27. The van der Waals surface area contributed by atoms with Crippen molar-refractivity contribution in [3.05, 3.63) is 40.8 Å². The number of thiophene rings is 1. The van der Waals surface area contributed by atoms with Crippen LogP contribution in [0.5, 0.6) is 11.5 Å². The van der Waals surface area contributed by atoms with Gasteiger partial charge in [0.25, 0.3) is 0 Å². The van der Waals surface area contributed by atoms with Gasteiger partial charge in [-0.15, -0.1) is 11.3 Å². The molecule has 0 bridgehead atoms. The fourth-order valence-corrected chi connectivity index (χ4v) is 5.81. The third kappa shape index (κ3) is 3.59. The smallest absolute Gasteiger partial charge is 0.250 e. The molecule has 1 aromatic carbocycles. The molecule has 1 N–H and O–H groups in total. The minimum atomic E-state index is -3.50. The number of sulfonamides is 1. The lowest BCUT2D eigenvalue weighted by Crippen LogP contribution is -2.36. The molecule has 0 amide bonds. The molecule has 2 aliphatic heterocycles. The van der Waals surface area contributed by atoms with Crippen LogP contribution in [0.1, 0.15) is 29.3 Å². The summed E-state index contributed by atoms with van der Waals surface area (Å²) in [4.78, 5) is 3.32. The van der Waals surface area contributed by atoms with E-state index in [0.717, 1.165) is 47.9 Å². The molecule has 26 heavy (non-hydrogen) atoms. The fraction of sp³-hybridized carbons (Fsp3) is 0.444. The molecule has 140 valence electrons. The molecule has 8 heteroatoms. The van der Waals surface area contributed by atoms with Gasteiger partial charge in [0.15, 0.2) is 11.5 Å². The van der Waals surface area contributed by atoms with Gasteiger partial charge in [0.05, 0.1) is 0 Å². The Morgan fingerprint density at radius 2 is 1.92 bits per heavy atom. The molecule has 0 aliphatic carbocycles. The monoisotopic (exact) mass is 394 g/mol. The summed E-state index contributed by atoms with van der Waals surface area (Å²) >= 11 is 1.29. The van der Waals surface area contributed by atoms with Gasteiger partial charge in [0, 0.05) is 17.5 Å². The lowest BCUT2D eigenvalue weighted by molar-refractivity contribution is 0.173. The van der Waals surface area contributed by atoms with Crippen molar-refractivity contribution < 1.29 is 17.9 Å². The van der Waals surface area contributed by atoms with Gasteiger partial charge in [-0.1, -0.05) is 6.07 Å². The first-order chi connectivity index (χ1) is 12.5. The van der Waals surface area contributed by atoms with Gasteiger partial charge in [-0.3, -0.25) is 4.90 Å². The van der Waals surface area contributed by atoms with Crippen molar-refractivity contribution in [3.63, 3.8) is 0 Å². The first-order valence-corrected chi connectivity index (χ1v) is 11.0. The molecule has 3 heterocycles. The Hall–Kier alpha value is -1.61. The molecule has 1 fully saturated rings. The van der Waals surface area contributed by atoms with Crippen molar-refractivity contribution in [1.29, 1.82) is 0 Å². The second-order valence-electron chi connectivity index (χ2n) is 6.59. The van der Waals surface area contributed by atoms with Gasteiger partial charge in [0.2, 0.25) is 16.8 Å². The van der Waals surface area contributed by atoms with Gasteiger partial charge in [0.1, 0.15) is 4.21 Å². The molecule has 1 aromatic heterocycles. The lowest BCUT2D eigenvalue weighted by atomic mass is 10.1. The number of aryl methyl sites for hydroxylation is 1. The minimum absolute atomic E-state index is 0.0252. The largest absolute Gasteiger partial charge is 0.454 e. The standard InChI is InChI=1S/C18H22N2O4S2/c1-13-4-7-18(25-13)26(21,22)19-11-15(20-8-2-3-9-20)14-5-6-16-17(10-14)24-12-23-16/h4-7,10,15,19H,2-3,8-9,11-12H2,1H3. The third-order valence-electron chi connectivity index (χ3n) is 4.81. The number of benzene rings is 1. The van der Waals surface area contributed by atoms with Crippen LogP contribution in [0.2, 0.25) is 0 Å². The van der Waals surface area contributed by atoms with Crippen molar-refractivity contribution in [1.82, 2.24) is 9.62 Å². The van der Waals surface area contributed by atoms with E-state index < -0.39 is 10.0 Å². The Balaban J connectivity index is 1.56. The molecule has 0 radical (unpaired) electrons. The van der Waals surface area contributed by atoms with Gasteiger partial charge in [-0.05, 0) is 62.7 Å². The van der Waals surface area contributed by atoms with Crippen LogP contribution in [0.4, 0.5) is 0 Å². The first-order valence-electron chi connectivity index (χ1n) is 8.73. The zero-order chi connectivity index (χ0) is 18.1. The zero-order valence-electron chi connectivity index (χ0n) is 14.6. The second kappa shape index (κ2) is 7.19. The zero-order valence-corrected chi connectivity index (χ0v) is 16.2. The maximum atomic E-state index is 12.6. The van der Waals surface area contributed by atoms with Crippen LogP contribution in [0.15, 0.2) is 34.5 Å². The number of nitrogens with zero attached hydrogens (tertiary/aromatic N) is 1. The molecule has 6 nitrogen and oxygen atoms in total. The summed E-state index contributed by atoms with van der Waals surface area (Å²) in [5.41, 5.74) is 1.04. The van der Waals surface area contributed by atoms with E-state index in [4.69, 9.17) is 9.47 Å². The molecular formula is C18H22N2O4S2.